The molecule has 1 aliphatic heterocycles. The summed E-state index contributed by atoms with van der Waals surface area (Å²) < 4.78 is 0. The smallest absolute Gasteiger partial charge is 0.223 e. The lowest BCUT2D eigenvalue weighted by Crippen LogP contribution is -2.34. The van der Waals surface area contributed by atoms with E-state index in [0.29, 0.717) is 17.9 Å². The fourth-order valence-corrected chi connectivity index (χ4v) is 2.70. The summed E-state index contributed by atoms with van der Waals surface area (Å²) >= 11 is 0. The van der Waals surface area contributed by atoms with Crippen molar-refractivity contribution < 1.29 is 0 Å². The average Bonchev–Trinajstić information content (AvgIpc) is 2.71. The second kappa shape index (κ2) is 5.61. The van der Waals surface area contributed by atoms with Crippen LogP contribution in [0.25, 0.3) is 0 Å². The predicted molar refractivity (Wildman–Crippen MR) is 79.5 cm³/mol. The Labute approximate surface area is 115 Å². The van der Waals surface area contributed by atoms with E-state index in [2.05, 4.69) is 46.1 Å². The minimum absolute atomic E-state index is 0.328. The number of nitrogen functional groups attached to an aromatic ring is 1. The molecule has 19 heavy (non-hydrogen) atoms. The first kappa shape index (κ1) is 13.9. The second-order valence-electron chi connectivity index (χ2n) is 5.41. The summed E-state index contributed by atoms with van der Waals surface area (Å²) in [7, 11) is 4.26. The van der Waals surface area contributed by atoms with Crippen LogP contribution in [-0.2, 0) is 0 Å². The van der Waals surface area contributed by atoms with Crippen molar-refractivity contribution in [3.63, 3.8) is 0 Å². The minimum Gasteiger partial charge on any atom is -0.370 e. The molecule has 0 bridgehead atoms. The molecule has 1 saturated heterocycles. The molecule has 1 fully saturated rings. The highest BCUT2D eigenvalue weighted by Crippen LogP contribution is 2.26. The van der Waals surface area contributed by atoms with Gasteiger partial charge in [0.15, 0.2) is 0 Å². The normalized spacial score (nSPS) is 23.1. The zero-order valence-corrected chi connectivity index (χ0v) is 12.2. The van der Waals surface area contributed by atoms with Crippen LogP contribution in [0.3, 0.4) is 0 Å². The van der Waals surface area contributed by atoms with E-state index in [0.717, 1.165) is 31.3 Å². The molecule has 6 nitrogen and oxygen atoms in total. The summed E-state index contributed by atoms with van der Waals surface area (Å²) in [5, 5.41) is 3.19. The van der Waals surface area contributed by atoms with Gasteiger partial charge in [0.2, 0.25) is 5.95 Å². The van der Waals surface area contributed by atoms with Gasteiger partial charge in [-0.3, -0.25) is 0 Å². The summed E-state index contributed by atoms with van der Waals surface area (Å²) in [6, 6.07) is 2.53. The lowest BCUT2D eigenvalue weighted by atomic mass is 10.1. The third-order valence-electron chi connectivity index (χ3n) is 3.65. The van der Waals surface area contributed by atoms with Crippen molar-refractivity contribution in [2.45, 2.75) is 19.9 Å². The first-order valence-corrected chi connectivity index (χ1v) is 6.81. The first-order chi connectivity index (χ1) is 9.01. The van der Waals surface area contributed by atoms with E-state index in [1.165, 1.54) is 0 Å². The lowest BCUT2D eigenvalue weighted by molar-refractivity contribution is 0.266. The molecule has 0 aromatic carbocycles. The van der Waals surface area contributed by atoms with Crippen molar-refractivity contribution in [1.82, 2.24) is 14.9 Å². The third kappa shape index (κ3) is 3.07. The Morgan fingerprint density at radius 3 is 2.74 bits per heavy atom. The zero-order chi connectivity index (χ0) is 14.0. The minimum atomic E-state index is 0.328. The van der Waals surface area contributed by atoms with Crippen LogP contribution in [-0.4, -0.2) is 54.6 Å². The second-order valence-corrected chi connectivity index (χ2v) is 5.41. The molecule has 0 spiro atoms. The number of anilines is 3. The van der Waals surface area contributed by atoms with Crippen LogP contribution >= 0.6 is 0 Å². The Balaban J connectivity index is 2.18. The molecule has 6 heteroatoms. The Hall–Kier alpha value is -1.56. The standard InChI is InChI=1S/C13H24N6/c1-5-15-11-6-12(17-13(14)16-11)19-7-9(2)10(8-19)18(3)4/h6,9-10H,5,7-8H2,1-4H3,(H3,14,15,16,17). The lowest BCUT2D eigenvalue weighted by Gasteiger charge is -2.22. The number of nitrogens with two attached hydrogens (primary N) is 1. The molecule has 2 rings (SSSR count). The maximum Gasteiger partial charge on any atom is 0.223 e. The Kier molecular flexibility index (Phi) is 4.09. The fraction of sp³-hybridized carbons (Fsp3) is 0.692. The van der Waals surface area contributed by atoms with E-state index in [4.69, 9.17) is 5.73 Å². The molecular weight excluding hydrogens is 240 g/mol. The fourth-order valence-electron chi connectivity index (χ4n) is 2.70. The molecule has 0 radical (unpaired) electrons. The number of hydrogen-bond donors (Lipinski definition) is 2. The largest absolute Gasteiger partial charge is 0.370 e. The number of likely N-dealkylation sites (N-methyl/N-ethyl adjacent to an activating group) is 1. The quantitative estimate of drug-likeness (QED) is 0.841. The van der Waals surface area contributed by atoms with Crippen molar-refractivity contribution in [2.75, 3.05) is 49.7 Å². The molecule has 1 aliphatic rings. The highest BCUT2D eigenvalue weighted by Gasteiger charge is 2.31. The number of aromatic nitrogens is 2. The van der Waals surface area contributed by atoms with Gasteiger partial charge in [-0.2, -0.15) is 9.97 Å². The molecule has 2 atom stereocenters. The van der Waals surface area contributed by atoms with Crippen LogP contribution in [0.4, 0.5) is 17.6 Å². The van der Waals surface area contributed by atoms with Crippen molar-refractivity contribution in [2.24, 2.45) is 5.92 Å². The van der Waals surface area contributed by atoms with Gasteiger partial charge in [-0.15, -0.1) is 0 Å². The van der Waals surface area contributed by atoms with E-state index < -0.39 is 0 Å². The van der Waals surface area contributed by atoms with Crippen molar-refractivity contribution >= 4 is 17.6 Å². The summed E-state index contributed by atoms with van der Waals surface area (Å²) in [6.45, 7) is 7.13. The highest BCUT2D eigenvalue weighted by atomic mass is 15.3. The monoisotopic (exact) mass is 264 g/mol. The molecule has 2 heterocycles. The molecule has 1 aromatic heterocycles. The van der Waals surface area contributed by atoms with Crippen LogP contribution in [0, 0.1) is 5.92 Å². The molecule has 3 N–H and O–H groups in total. The Morgan fingerprint density at radius 2 is 2.16 bits per heavy atom. The maximum absolute atomic E-state index is 5.79. The maximum atomic E-state index is 5.79. The van der Waals surface area contributed by atoms with Gasteiger partial charge in [-0.25, -0.2) is 0 Å². The van der Waals surface area contributed by atoms with Crippen molar-refractivity contribution in [1.29, 1.82) is 0 Å². The summed E-state index contributed by atoms with van der Waals surface area (Å²) in [5.74, 6) is 2.66. The number of hydrogen-bond acceptors (Lipinski definition) is 6. The third-order valence-corrected chi connectivity index (χ3v) is 3.65. The summed E-state index contributed by atoms with van der Waals surface area (Å²) in [6.07, 6.45) is 0. The number of nitrogens with zero attached hydrogens (tertiary/aromatic N) is 4. The molecular formula is C13H24N6. The first-order valence-electron chi connectivity index (χ1n) is 6.81. The molecule has 2 unspecified atom stereocenters. The van der Waals surface area contributed by atoms with Gasteiger partial charge in [0, 0.05) is 31.7 Å². The van der Waals surface area contributed by atoms with Crippen LogP contribution in [0.15, 0.2) is 6.07 Å². The topological polar surface area (TPSA) is 70.3 Å². The molecule has 1 aromatic rings. The van der Waals surface area contributed by atoms with Crippen LogP contribution in [0.2, 0.25) is 0 Å². The van der Waals surface area contributed by atoms with Gasteiger partial charge in [0.25, 0.3) is 0 Å². The van der Waals surface area contributed by atoms with E-state index in [1.54, 1.807) is 0 Å². The van der Waals surface area contributed by atoms with Gasteiger partial charge in [0.05, 0.1) is 0 Å². The van der Waals surface area contributed by atoms with Crippen LogP contribution in [0.5, 0.6) is 0 Å². The molecule has 0 saturated carbocycles. The van der Waals surface area contributed by atoms with Gasteiger partial charge >= 0.3 is 0 Å². The van der Waals surface area contributed by atoms with E-state index in [9.17, 15) is 0 Å². The van der Waals surface area contributed by atoms with E-state index in [1.807, 2.05) is 13.0 Å². The Bertz CT molecular complexity index is 433. The predicted octanol–water partition coefficient (Wildman–Crippen LogP) is 0.877. The number of rotatable bonds is 4. The van der Waals surface area contributed by atoms with E-state index >= 15 is 0 Å². The molecule has 106 valence electrons. The number of nitrogens with one attached hydrogen (secondary N) is 1. The van der Waals surface area contributed by atoms with Gasteiger partial charge in [-0.05, 0) is 26.9 Å². The average molecular weight is 264 g/mol. The van der Waals surface area contributed by atoms with Crippen LogP contribution < -0.4 is 16.0 Å². The van der Waals surface area contributed by atoms with Crippen molar-refractivity contribution in [3.8, 4) is 0 Å². The molecule has 0 amide bonds. The van der Waals surface area contributed by atoms with Crippen molar-refractivity contribution in [3.05, 3.63) is 6.07 Å². The summed E-state index contributed by atoms with van der Waals surface area (Å²) in [5.41, 5.74) is 5.79. The van der Waals surface area contributed by atoms with Crippen LogP contribution in [0.1, 0.15) is 13.8 Å². The Morgan fingerprint density at radius 1 is 1.42 bits per heavy atom. The SMILES string of the molecule is CCNc1cc(N2CC(C)C(N(C)C)C2)nc(N)n1. The zero-order valence-electron chi connectivity index (χ0n) is 12.2. The van der Waals surface area contributed by atoms with Gasteiger partial charge in [-0.1, -0.05) is 6.92 Å². The summed E-state index contributed by atoms with van der Waals surface area (Å²) in [4.78, 5) is 13.1. The molecule has 0 aliphatic carbocycles. The van der Waals surface area contributed by atoms with Gasteiger partial charge < -0.3 is 20.9 Å². The van der Waals surface area contributed by atoms with Gasteiger partial charge in [0.1, 0.15) is 11.6 Å². The van der Waals surface area contributed by atoms with E-state index in [-0.39, 0.29) is 0 Å². The highest BCUT2D eigenvalue weighted by molar-refractivity contribution is 5.53.